The van der Waals surface area contributed by atoms with E-state index in [1.807, 2.05) is 0 Å². The van der Waals surface area contributed by atoms with Gasteiger partial charge in [0.25, 0.3) is 0 Å². The minimum Gasteiger partial charge on any atom is -0.398 e. The van der Waals surface area contributed by atoms with Crippen LogP contribution in [-0.4, -0.2) is 37.4 Å². The number of nitrogen functional groups attached to an aromatic ring is 1. The Morgan fingerprint density at radius 3 is 2.29 bits per heavy atom. The second kappa shape index (κ2) is 5.01. The van der Waals surface area contributed by atoms with E-state index in [1.54, 1.807) is 12.1 Å². The molecule has 0 aromatic heterocycles. The third kappa shape index (κ3) is 3.16. The second-order valence-corrected chi connectivity index (χ2v) is 5.67. The number of para-hydroxylation sites is 1. The Balaban J connectivity index is 3.10. The lowest BCUT2D eigenvalue weighted by molar-refractivity contribution is 0.122. The van der Waals surface area contributed by atoms with Gasteiger partial charge in [0.15, 0.2) is 0 Å². The fraction of sp³-hybridized carbons (Fsp3) is 0.400. The molecule has 6 nitrogen and oxygen atoms in total. The highest BCUT2D eigenvalue weighted by Crippen LogP contribution is 2.19. The van der Waals surface area contributed by atoms with Crippen molar-refractivity contribution in [3.05, 3.63) is 24.3 Å². The van der Waals surface area contributed by atoms with Gasteiger partial charge in [-0.25, -0.2) is 13.1 Å². The molecule has 0 unspecified atom stereocenters. The van der Waals surface area contributed by atoms with Crippen molar-refractivity contribution in [3.8, 4) is 0 Å². The maximum atomic E-state index is 12.0. The molecule has 0 aliphatic carbocycles. The standard InChI is InChI=1S/C10H16N2O4S/c1-10(6-13,7-14)12-17(15,16)9-5-3-2-4-8(9)11/h2-5,12-14H,6-7,11H2,1H3. The summed E-state index contributed by atoms with van der Waals surface area (Å²) in [4.78, 5) is -0.0758. The van der Waals surface area contributed by atoms with Crippen molar-refractivity contribution in [2.45, 2.75) is 17.4 Å². The zero-order valence-electron chi connectivity index (χ0n) is 9.42. The number of rotatable bonds is 5. The zero-order valence-corrected chi connectivity index (χ0v) is 10.2. The molecular weight excluding hydrogens is 244 g/mol. The lowest BCUT2D eigenvalue weighted by atomic mass is 10.1. The van der Waals surface area contributed by atoms with Crippen LogP contribution in [0.1, 0.15) is 6.92 Å². The number of aliphatic hydroxyl groups is 2. The monoisotopic (exact) mass is 260 g/mol. The van der Waals surface area contributed by atoms with Gasteiger partial charge in [-0.15, -0.1) is 0 Å². The van der Waals surface area contributed by atoms with E-state index in [0.29, 0.717) is 0 Å². The summed E-state index contributed by atoms with van der Waals surface area (Å²) in [6.07, 6.45) is 0. The van der Waals surface area contributed by atoms with Gasteiger partial charge >= 0.3 is 0 Å². The first-order valence-electron chi connectivity index (χ1n) is 4.95. The number of anilines is 1. The first kappa shape index (κ1) is 13.9. The minimum atomic E-state index is -3.87. The first-order valence-corrected chi connectivity index (χ1v) is 6.43. The number of benzene rings is 1. The zero-order chi connectivity index (χ0) is 13.1. The Hall–Kier alpha value is -1.15. The molecule has 1 aromatic rings. The average Bonchev–Trinajstić information content (AvgIpc) is 2.28. The number of aliphatic hydroxyl groups excluding tert-OH is 2. The van der Waals surface area contributed by atoms with E-state index in [4.69, 9.17) is 15.9 Å². The van der Waals surface area contributed by atoms with Crippen molar-refractivity contribution < 1.29 is 18.6 Å². The van der Waals surface area contributed by atoms with Crippen LogP contribution in [0.5, 0.6) is 0 Å². The lowest BCUT2D eigenvalue weighted by Gasteiger charge is -2.26. The second-order valence-electron chi connectivity index (χ2n) is 4.02. The van der Waals surface area contributed by atoms with Gasteiger partial charge in [-0.1, -0.05) is 12.1 Å². The summed E-state index contributed by atoms with van der Waals surface area (Å²) in [5.74, 6) is 0. The summed E-state index contributed by atoms with van der Waals surface area (Å²) in [5.41, 5.74) is 4.36. The van der Waals surface area contributed by atoms with E-state index in [-0.39, 0.29) is 10.6 Å². The summed E-state index contributed by atoms with van der Waals surface area (Å²) in [6, 6.07) is 5.97. The van der Waals surface area contributed by atoms with Crippen molar-refractivity contribution in [2.75, 3.05) is 18.9 Å². The molecule has 0 heterocycles. The number of nitrogens with one attached hydrogen (secondary N) is 1. The van der Waals surface area contributed by atoms with Crippen LogP contribution < -0.4 is 10.5 Å². The molecule has 0 saturated carbocycles. The van der Waals surface area contributed by atoms with Crippen LogP contribution in [0.25, 0.3) is 0 Å². The molecule has 0 spiro atoms. The predicted octanol–water partition coefficient (Wildman–Crippen LogP) is -0.710. The van der Waals surface area contributed by atoms with Gasteiger partial charge in [0.2, 0.25) is 10.0 Å². The molecule has 0 atom stereocenters. The summed E-state index contributed by atoms with van der Waals surface area (Å²) in [6.45, 7) is 0.356. The largest absolute Gasteiger partial charge is 0.398 e. The molecule has 0 aliphatic heterocycles. The van der Waals surface area contributed by atoms with Gasteiger partial charge in [0, 0.05) is 0 Å². The van der Waals surface area contributed by atoms with E-state index < -0.39 is 28.8 Å². The molecule has 0 amide bonds. The van der Waals surface area contributed by atoms with Gasteiger partial charge in [0.1, 0.15) is 4.90 Å². The number of nitrogens with two attached hydrogens (primary N) is 1. The number of hydrogen-bond acceptors (Lipinski definition) is 5. The van der Waals surface area contributed by atoms with Crippen LogP contribution >= 0.6 is 0 Å². The van der Waals surface area contributed by atoms with Gasteiger partial charge < -0.3 is 15.9 Å². The van der Waals surface area contributed by atoms with Crippen LogP contribution in [0.15, 0.2) is 29.2 Å². The SMILES string of the molecule is CC(CO)(CO)NS(=O)(=O)c1ccccc1N. The number of hydrogen-bond donors (Lipinski definition) is 4. The molecule has 7 heteroatoms. The van der Waals surface area contributed by atoms with Crippen molar-refractivity contribution in [1.29, 1.82) is 0 Å². The summed E-state index contributed by atoms with van der Waals surface area (Å²) >= 11 is 0. The highest BCUT2D eigenvalue weighted by molar-refractivity contribution is 7.89. The van der Waals surface area contributed by atoms with E-state index in [1.165, 1.54) is 19.1 Å². The quantitative estimate of drug-likeness (QED) is 0.522. The van der Waals surface area contributed by atoms with Gasteiger partial charge in [-0.2, -0.15) is 0 Å². The molecule has 1 rings (SSSR count). The Morgan fingerprint density at radius 1 is 1.29 bits per heavy atom. The third-order valence-corrected chi connectivity index (χ3v) is 4.00. The molecule has 0 fully saturated rings. The topological polar surface area (TPSA) is 113 Å². The molecule has 0 radical (unpaired) electrons. The Morgan fingerprint density at radius 2 is 1.82 bits per heavy atom. The van der Waals surface area contributed by atoms with E-state index >= 15 is 0 Å². The van der Waals surface area contributed by atoms with Gasteiger partial charge in [-0.3, -0.25) is 0 Å². The van der Waals surface area contributed by atoms with Crippen LogP contribution in [0.4, 0.5) is 5.69 Å². The first-order chi connectivity index (χ1) is 7.84. The van der Waals surface area contributed by atoms with Gasteiger partial charge in [-0.05, 0) is 19.1 Å². The Kier molecular flexibility index (Phi) is 4.10. The van der Waals surface area contributed by atoms with E-state index in [9.17, 15) is 8.42 Å². The van der Waals surface area contributed by atoms with Crippen molar-refractivity contribution in [2.24, 2.45) is 0 Å². The van der Waals surface area contributed by atoms with E-state index in [0.717, 1.165) is 0 Å². The maximum Gasteiger partial charge on any atom is 0.243 e. The maximum absolute atomic E-state index is 12.0. The molecule has 0 bridgehead atoms. The Labute approximate surface area is 100 Å². The van der Waals surface area contributed by atoms with Crippen molar-refractivity contribution in [3.63, 3.8) is 0 Å². The van der Waals surface area contributed by atoms with Crippen LogP contribution in [-0.2, 0) is 10.0 Å². The lowest BCUT2D eigenvalue weighted by Crippen LogP contribution is -2.51. The van der Waals surface area contributed by atoms with Crippen LogP contribution in [0, 0.1) is 0 Å². The molecule has 1 aromatic carbocycles. The summed E-state index contributed by atoms with van der Waals surface area (Å²) in [7, 11) is -3.87. The highest BCUT2D eigenvalue weighted by atomic mass is 32.2. The average molecular weight is 260 g/mol. The fourth-order valence-corrected chi connectivity index (χ4v) is 2.74. The van der Waals surface area contributed by atoms with Crippen molar-refractivity contribution >= 4 is 15.7 Å². The summed E-state index contributed by atoms with van der Waals surface area (Å²) < 4.78 is 26.2. The molecule has 5 N–H and O–H groups in total. The Bertz CT molecular complexity index is 483. The van der Waals surface area contributed by atoms with Gasteiger partial charge in [0.05, 0.1) is 24.4 Å². The molecule has 17 heavy (non-hydrogen) atoms. The smallest absolute Gasteiger partial charge is 0.243 e. The molecule has 96 valence electrons. The highest BCUT2D eigenvalue weighted by Gasteiger charge is 2.30. The predicted molar refractivity (Wildman–Crippen MR) is 63.8 cm³/mol. The summed E-state index contributed by atoms with van der Waals surface area (Å²) in [5, 5.41) is 18.1. The normalized spacial score (nSPS) is 12.6. The van der Waals surface area contributed by atoms with Crippen molar-refractivity contribution in [1.82, 2.24) is 4.72 Å². The minimum absolute atomic E-state index is 0.0758. The van der Waals surface area contributed by atoms with E-state index in [2.05, 4.69) is 4.72 Å². The fourth-order valence-electron chi connectivity index (χ4n) is 1.22. The van der Waals surface area contributed by atoms with Crippen LogP contribution in [0.2, 0.25) is 0 Å². The third-order valence-electron chi connectivity index (χ3n) is 2.29. The van der Waals surface area contributed by atoms with Crippen LogP contribution in [0.3, 0.4) is 0 Å². The molecule has 0 saturated heterocycles. The molecule has 0 aliphatic rings. The molecular formula is C10H16N2O4S. The number of sulfonamides is 1.